The van der Waals surface area contributed by atoms with Gasteiger partial charge in [-0.25, -0.2) is 0 Å². The third kappa shape index (κ3) is 4.20. The summed E-state index contributed by atoms with van der Waals surface area (Å²) in [6, 6.07) is 26.7. The highest BCUT2D eigenvalue weighted by molar-refractivity contribution is 5.95. The van der Waals surface area contributed by atoms with Crippen molar-refractivity contribution in [2.75, 3.05) is 0 Å². The molecule has 8 nitrogen and oxygen atoms in total. The summed E-state index contributed by atoms with van der Waals surface area (Å²) in [7, 11) is 0. The molecule has 6 N–H and O–H groups in total. The molecule has 0 radical (unpaired) electrons. The molecular formula is C30H22N2O6. The van der Waals surface area contributed by atoms with Gasteiger partial charge in [-0.1, -0.05) is 91.0 Å². The SMILES string of the molecule is Oc1cc(O)c(-c2ccccc2)c(O)c1N=Nc1c(O)c(-c2ccccc2)c(O)c(-c2ccccc2)c1O. The zero-order valence-corrected chi connectivity index (χ0v) is 19.8. The Kier molecular flexibility index (Phi) is 6.28. The zero-order chi connectivity index (χ0) is 26.8. The van der Waals surface area contributed by atoms with E-state index < -0.39 is 34.4 Å². The second-order valence-electron chi connectivity index (χ2n) is 8.43. The molecule has 0 aliphatic carbocycles. The van der Waals surface area contributed by atoms with Crippen LogP contribution in [0.1, 0.15) is 0 Å². The van der Waals surface area contributed by atoms with Gasteiger partial charge in [0.25, 0.3) is 0 Å². The van der Waals surface area contributed by atoms with Gasteiger partial charge < -0.3 is 30.6 Å². The molecule has 0 atom stereocenters. The molecule has 5 rings (SSSR count). The highest BCUT2D eigenvalue weighted by Crippen LogP contribution is 2.56. The summed E-state index contributed by atoms with van der Waals surface area (Å²) in [5.41, 5.74) is 0.638. The van der Waals surface area contributed by atoms with E-state index in [4.69, 9.17) is 0 Å². The third-order valence-corrected chi connectivity index (χ3v) is 6.07. The van der Waals surface area contributed by atoms with E-state index in [1.807, 2.05) is 0 Å². The second-order valence-corrected chi connectivity index (χ2v) is 8.43. The summed E-state index contributed by atoms with van der Waals surface area (Å²) < 4.78 is 0. The van der Waals surface area contributed by atoms with Crippen LogP contribution >= 0.6 is 0 Å². The first-order valence-electron chi connectivity index (χ1n) is 11.5. The third-order valence-electron chi connectivity index (χ3n) is 6.07. The van der Waals surface area contributed by atoms with Gasteiger partial charge in [-0.2, -0.15) is 0 Å². The highest BCUT2D eigenvalue weighted by Gasteiger charge is 2.26. The Balaban J connectivity index is 1.74. The molecule has 0 unspecified atom stereocenters. The minimum atomic E-state index is -0.576. The van der Waals surface area contributed by atoms with Crippen molar-refractivity contribution in [2.45, 2.75) is 0 Å². The molecule has 0 fully saturated rings. The average Bonchev–Trinajstić information content (AvgIpc) is 2.92. The Morgan fingerprint density at radius 3 is 1.18 bits per heavy atom. The van der Waals surface area contributed by atoms with E-state index in [2.05, 4.69) is 10.2 Å². The molecule has 0 saturated heterocycles. The van der Waals surface area contributed by atoms with Gasteiger partial charge in [0.05, 0.1) is 16.7 Å². The van der Waals surface area contributed by atoms with Crippen molar-refractivity contribution >= 4 is 11.4 Å². The summed E-state index contributed by atoms with van der Waals surface area (Å²) >= 11 is 0. The monoisotopic (exact) mass is 506 g/mol. The molecule has 0 bridgehead atoms. The molecule has 0 heterocycles. The summed E-state index contributed by atoms with van der Waals surface area (Å²) in [5.74, 6) is -2.99. The molecule has 38 heavy (non-hydrogen) atoms. The minimum Gasteiger partial charge on any atom is -0.507 e. The van der Waals surface area contributed by atoms with E-state index in [0.29, 0.717) is 16.7 Å². The first-order chi connectivity index (χ1) is 18.4. The predicted molar refractivity (Wildman–Crippen MR) is 143 cm³/mol. The van der Waals surface area contributed by atoms with Crippen molar-refractivity contribution in [2.24, 2.45) is 10.2 Å². The number of nitrogens with zero attached hydrogens (tertiary/aromatic N) is 2. The average molecular weight is 507 g/mol. The molecule has 5 aromatic carbocycles. The van der Waals surface area contributed by atoms with Crippen molar-refractivity contribution in [1.82, 2.24) is 0 Å². The molecule has 188 valence electrons. The lowest BCUT2D eigenvalue weighted by molar-refractivity contribution is 0.429. The Morgan fingerprint density at radius 1 is 0.368 bits per heavy atom. The van der Waals surface area contributed by atoms with Gasteiger partial charge in [0.1, 0.15) is 11.5 Å². The van der Waals surface area contributed by atoms with Crippen LogP contribution in [-0.2, 0) is 0 Å². The first kappa shape index (κ1) is 24.2. The predicted octanol–water partition coefficient (Wildman–Crippen LogP) is 7.34. The fourth-order valence-corrected chi connectivity index (χ4v) is 4.27. The maximum atomic E-state index is 11.1. The van der Waals surface area contributed by atoms with E-state index in [1.54, 1.807) is 91.0 Å². The van der Waals surface area contributed by atoms with E-state index in [1.165, 1.54) is 0 Å². The first-order valence-corrected chi connectivity index (χ1v) is 11.5. The Morgan fingerprint density at radius 2 is 0.737 bits per heavy atom. The number of phenols is 6. The van der Waals surface area contributed by atoms with Gasteiger partial charge in [0, 0.05) is 6.07 Å². The van der Waals surface area contributed by atoms with Crippen molar-refractivity contribution in [3.8, 4) is 67.9 Å². The fourth-order valence-electron chi connectivity index (χ4n) is 4.27. The molecule has 0 aromatic heterocycles. The normalized spacial score (nSPS) is 11.2. The summed E-state index contributed by atoms with van der Waals surface area (Å²) in [4.78, 5) is 0. The number of hydrogen-bond acceptors (Lipinski definition) is 8. The Hall–Kier alpha value is -5.50. The molecule has 8 heteroatoms. The van der Waals surface area contributed by atoms with Gasteiger partial charge in [0.2, 0.25) is 0 Å². The van der Waals surface area contributed by atoms with Crippen LogP contribution in [-0.4, -0.2) is 30.6 Å². The van der Waals surface area contributed by atoms with Gasteiger partial charge in [-0.05, 0) is 16.7 Å². The van der Waals surface area contributed by atoms with Crippen LogP contribution in [0.5, 0.6) is 34.5 Å². The molecule has 0 saturated carbocycles. The number of aromatic hydroxyl groups is 6. The van der Waals surface area contributed by atoms with Crippen LogP contribution in [0.4, 0.5) is 11.4 Å². The van der Waals surface area contributed by atoms with E-state index in [-0.39, 0.29) is 28.2 Å². The topological polar surface area (TPSA) is 146 Å². The molecular weight excluding hydrogens is 484 g/mol. The maximum absolute atomic E-state index is 11.1. The Bertz CT molecular complexity index is 1590. The number of benzene rings is 5. The number of rotatable bonds is 5. The van der Waals surface area contributed by atoms with Gasteiger partial charge in [-0.3, -0.25) is 0 Å². The van der Waals surface area contributed by atoms with Crippen LogP contribution in [0, 0.1) is 0 Å². The summed E-state index contributed by atoms with van der Waals surface area (Å²) in [6.07, 6.45) is 0. The van der Waals surface area contributed by atoms with Crippen molar-refractivity contribution in [1.29, 1.82) is 0 Å². The van der Waals surface area contributed by atoms with Gasteiger partial charge >= 0.3 is 0 Å². The van der Waals surface area contributed by atoms with E-state index in [9.17, 15) is 30.6 Å². The quantitative estimate of drug-likeness (QED) is 0.138. The van der Waals surface area contributed by atoms with Crippen LogP contribution < -0.4 is 0 Å². The molecule has 0 aliphatic rings. The lowest BCUT2D eigenvalue weighted by Crippen LogP contribution is -1.88. The fraction of sp³-hybridized carbons (Fsp3) is 0. The standard InChI is InChI=1S/C30H22N2O6/c33-20-16-21(34)25(28(36)22(20)17-10-4-1-5-11-17)31-32-26-29(37)23(18-12-6-2-7-13-18)27(35)24(30(26)38)19-14-8-3-9-15-19/h1-16,33-38H. The van der Waals surface area contributed by atoms with Crippen molar-refractivity contribution in [3.63, 3.8) is 0 Å². The van der Waals surface area contributed by atoms with Crippen molar-refractivity contribution in [3.05, 3.63) is 97.1 Å². The van der Waals surface area contributed by atoms with E-state index >= 15 is 0 Å². The van der Waals surface area contributed by atoms with Gasteiger partial charge in [0.15, 0.2) is 34.4 Å². The lowest BCUT2D eigenvalue weighted by atomic mass is 9.94. The summed E-state index contributed by atoms with van der Waals surface area (Å²) in [6.45, 7) is 0. The highest BCUT2D eigenvalue weighted by atomic mass is 16.3. The molecule has 0 amide bonds. The van der Waals surface area contributed by atoms with Crippen LogP contribution in [0.2, 0.25) is 0 Å². The number of phenolic OH excluding ortho intramolecular Hbond substituents is 6. The van der Waals surface area contributed by atoms with Crippen LogP contribution in [0.25, 0.3) is 33.4 Å². The minimum absolute atomic E-state index is 0.0142. The lowest BCUT2D eigenvalue weighted by Gasteiger charge is -2.16. The van der Waals surface area contributed by atoms with Gasteiger partial charge in [-0.15, -0.1) is 10.2 Å². The Labute approximate surface area is 217 Å². The largest absolute Gasteiger partial charge is 0.507 e. The van der Waals surface area contributed by atoms with Crippen LogP contribution in [0.3, 0.4) is 0 Å². The number of hydrogen-bond donors (Lipinski definition) is 6. The van der Waals surface area contributed by atoms with Crippen molar-refractivity contribution < 1.29 is 30.6 Å². The second kappa shape index (κ2) is 9.87. The molecule has 0 aliphatic heterocycles. The zero-order valence-electron chi connectivity index (χ0n) is 19.8. The molecule has 5 aromatic rings. The smallest absolute Gasteiger partial charge is 0.170 e. The summed E-state index contributed by atoms with van der Waals surface area (Å²) in [5, 5.41) is 73.0. The molecule has 0 spiro atoms. The van der Waals surface area contributed by atoms with Crippen LogP contribution in [0.15, 0.2) is 107 Å². The number of azo groups is 1. The maximum Gasteiger partial charge on any atom is 0.170 e. The van der Waals surface area contributed by atoms with E-state index in [0.717, 1.165) is 6.07 Å².